The average Bonchev–Trinajstić information content (AvgIpc) is 1.74. The van der Waals surface area contributed by atoms with E-state index in [1.165, 1.54) is 38.8 Å². The van der Waals surface area contributed by atoms with Crippen molar-refractivity contribution in [3.8, 4) is 0 Å². The molecule has 1 atom stereocenters. The molecule has 2 aliphatic rings. The molecule has 1 heteroatoms. The van der Waals surface area contributed by atoms with Gasteiger partial charge in [0, 0.05) is 0 Å². The van der Waals surface area contributed by atoms with Gasteiger partial charge in [-0.1, -0.05) is 26.2 Å². The Morgan fingerprint density at radius 3 is 2.45 bits per heavy atom. The van der Waals surface area contributed by atoms with E-state index in [1.54, 1.807) is 0 Å². The SMILES string of the molecule is CC(CC1CNC1)C1CCC1. The van der Waals surface area contributed by atoms with Gasteiger partial charge >= 0.3 is 0 Å². The van der Waals surface area contributed by atoms with Crippen LogP contribution in [0.15, 0.2) is 0 Å². The van der Waals surface area contributed by atoms with Gasteiger partial charge in [-0.15, -0.1) is 0 Å². The van der Waals surface area contributed by atoms with Crippen LogP contribution < -0.4 is 5.32 Å². The highest BCUT2D eigenvalue weighted by atomic mass is 14.9. The summed E-state index contributed by atoms with van der Waals surface area (Å²) in [4.78, 5) is 0. The van der Waals surface area contributed by atoms with Crippen molar-refractivity contribution in [3.63, 3.8) is 0 Å². The molecular weight excluding hydrogens is 134 g/mol. The number of nitrogens with one attached hydrogen (secondary N) is 1. The predicted molar refractivity (Wildman–Crippen MR) is 47.5 cm³/mol. The zero-order valence-electron chi connectivity index (χ0n) is 7.47. The first-order chi connectivity index (χ1) is 5.36. The van der Waals surface area contributed by atoms with Gasteiger partial charge in [0.05, 0.1) is 0 Å². The molecule has 0 spiro atoms. The van der Waals surface area contributed by atoms with Crippen molar-refractivity contribution in [1.29, 1.82) is 0 Å². The first-order valence-electron chi connectivity index (χ1n) is 5.07. The van der Waals surface area contributed by atoms with Gasteiger partial charge in [-0.25, -0.2) is 0 Å². The second kappa shape index (κ2) is 3.14. The van der Waals surface area contributed by atoms with Crippen LogP contribution in [0.5, 0.6) is 0 Å². The number of rotatable bonds is 3. The van der Waals surface area contributed by atoms with Gasteiger partial charge in [-0.2, -0.15) is 0 Å². The second-order valence-corrected chi connectivity index (χ2v) is 4.43. The largest absolute Gasteiger partial charge is 0.316 e. The summed E-state index contributed by atoms with van der Waals surface area (Å²) in [5.74, 6) is 3.12. The van der Waals surface area contributed by atoms with Gasteiger partial charge in [0.25, 0.3) is 0 Å². The fourth-order valence-electron chi connectivity index (χ4n) is 2.24. The molecule has 0 aromatic heterocycles. The summed E-state index contributed by atoms with van der Waals surface area (Å²) in [7, 11) is 0. The van der Waals surface area contributed by atoms with E-state index in [0.29, 0.717) is 0 Å². The van der Waals surface area contributed by atoms with Gasteiger partial charge in [0.15, 0.2) is 0 Å². The van der Waals surface area contributed by atoms with Crippen LogP contribution >= 0.6 is 0 Å². The summed E-state index contributed by atoms with van der Waals surface area (Å²) in [6, 6.07) is 0. The Morgan fingerprint density at radius 2 is 2.09 bits per heavy atom. The van der Waals surface area contributed by atoms with Crippen LogP contribution in [-0.4, -0.2) is 13.1 Å². The quantitative estimate of drug-likeness (QED) is 0.654. The molecule has 0 amide bonds. The van der Waals surface area contributed by atoms with E-state index in [4.69, 9.17) is 0 Å². The molecule has 1 saturated heterocycles. The van der Waals surface area contributed by atoms with Crippen LogP contribution in [0.3, 0.4) is 0 Å². The summed E-state index contributed by atoms with van der Waals surface area (Å²) in [5.41, 5.74) is 0. The lowest BCUT2D eigenvalue weighted by Crippen LogP contribution is -2.43. The van der Waals surface area contributed by atoms with Crippen molar-refractivity contribution < 1.29 is 0 Å². The lowest BCUT2D eigenvalue weighted by atomic mass is 9.73. The highest BCUT2D eigenvalue weighted by Crippen LogP contribution is 2.36. The number of hydrogen-bond acceptors (Lipinski definition) is 1. The molecule has 1 aliphatic carbocycles. The van der Waals surface area contributed by atoms with Crippen molar-refractivity contribution in [2.24, 2.45) is 17.8 Å². The lowest BCUT2D eigenvalue weighted by molar-refractivity contribution is 0.168. The van der Waals surface area contributed by atoms with Crippen molar-refractivity contribution in [1.82, 2.24) is 5.32 Å². The van der Waals surface area contributed by atoms with E-state index in [1.807, 2.05) is 0 Å². The minimum Gasteiger partial charge on any atom is -0.316 e. The molecule has 1 N–H and O–H groups in total. The Morgan fingerprint density at radius 1 is 1.36 bits per heavy atom. The molecule has 11 heavy (non-hydrogen) atoms. The van der Waals surface area contributed by atoms with Crippen molar-refractivity contribution in [2.45, 2.75) is 32.6 Å². The molecule has 0 bridgehead atoms. The van der Waals surface area contributed by atoms with Crippen LogP contribution in [0.4, 0.5) is 0 Å². The predicted octanol–water partition coefficient (Wildman–Crippen LogP) is 2.03. The van der Waals surface area contributed by atoms with Gasteiger partial charge in [0.1, 0.15) is 0 Å². The highest BCUT2D eigenvalue weighted by Gasteiger charge is 2.27. The molecule has 2 rings (SSSR count). The maximum atomic E-state index is 3.34. The van der Waals surface area contributed by atoms with E-state index in [0.717, 1.165) is 17.8 Å². The summed E-state index contributed by atoms with van der Waals surface area (Å²) in [5, 5.41) is 3.34. The molecular formula is C10H19N. The monoisotopic (exact) mass is 153 g/mol. The minimum atomic E-state index is 1.01. The zero-order valence-corrected chi connectivity index (χ0v) is 7.47. The molecule has 0 aromatic rings. The Bertz CT molecular complexity index is 125. The van der Waals surface area contributed by atoms with Gasteiger partial charge in [-0.3, -0.25) is 0 Å². The Balaban J connectivity index is 1.67. The minimum absolute atomic E-state index is 1.01. The van der Waals surface area contributed by atoms with Crippen LogP contribution in [0.25, 0.3) is 0 Å². The highest BCUT2D eigenvalue weighted by molar-refractivity contribution is 4.81. The molecule has 2 fully saturated rings. The zero-order chi connectivity index (χ0) is 7.68. The molecule has 1 saturated carbocycles. The van der Waals surface area contributed by atoms with Gasteiger partial charge < -0.3 is 5.32 Å². The standard InChI is InChI=1S/C10H19N/c1-8(10-3-2-4-10)5-9-6-11-7-9/h8-11H,2-7H2,1H3. The molecule has 1 heterocycles. The van der Waals surface area contributed by atoms with Crippen molar-refractivity contribution in [3.05, 3.63) is 0 Å². The first-order valence-corrected chi connectivity index (χ1v) is 5.07. The molecule has 1 nitrogen and oxygen atoms in total. The van der Waals surface area contributed by atoms with E-state index in [9.17, 15) is 0 Å². The maximum absolute atomic E-state index is 3.34. The Hall–Kier alpha value is -0.0400. The van der Waals surface area contributed by atoms with Gasteiger partial charge in [0.2, 0.25) is 0 Å². The van der Waals surface area contributed by atoms with Crippen molar-refractivity contribution >= 4 is 0 Å². The summed E-state index contributed by atoms with van der Waals surface area (Å²) in [6.45, 7) is 5.02. The van der Waals surface area contributed by atoms with Crippen LogP contribution in [0.1, 0.15) is 32.6 Å². The average molecular weight is 153 g/mol. The Kier molecular flexibility index (Phi) is 2.17. The second-order valence-electron chi connectivity index (χ2n) is 4.43. The molecule has 1 aliphatic heterocycles. The van der Waals surface area contributed by atoms with E-state index in [2.05, 4.69) is 12.2 Å². The smallest absolute Gasteiger partial charge is 0.000815 e. The number of hydrogen-bond donors (Lipinski definition) is 1. The fourth-order valence-corrected chi connectivity index (χ4v) is 2.24. The third kappa shape index (κ3) is 1.58. The lowest BCUT2D eigenvalue weighted by Gasteiger charge is -2.36. The van der Waals surface area contributed by atoms with Crippen LogP contribution in [0, 0.1) is 17.8 Å². The van der Waals surface area contributed by atoms with E-state index >= 15 is 0 Å². The fraction of sp³-hybridized carbons (Fsp3) is 1.00. The normalized spacial score (nSPS) is 29.2. The topological polar surface area (TPSA) is 12.0 Å². The molecule has 0 radical (unpaired) electrons. The third-order valence-electron chi connectivity index (χ3n) is 3.53. The summed E-state index contributed by atoms with van der Waals surface area (Å²) >= 11 is 0. The molecule has 0 aromatic carbocycles. The van der Waals surface area contributed by atoms with Crippen LogP contribution in [-0.2, 0) is 0 Å². The van der Waals surface area contributed by atoms with Gasteiger partial charge in [-0.05, 0) is 37.3 Å². The van der Waals surface area contributed by atoms with Crippen LogP contribution in [0.2, 0.25) is 0 Å². The first kappa shape index (κ1) is 7.60. The molecule has 1 unspecified atom stereocenters. The third-order valence-corrected chi connectivity index (χ3v) is 3.53. The summed E-state index contributed by atoms with van der Waals surface area (Å²) < 4.78 is 0. The van der Waals surface area contributed by atoms with E-state index < -0.39 is 0 Å². The Labute approximate surface area is 69.6 Å². The van der Waals surface area contributed by atoms with Crippen molar-refractivity contribution in [2.75, 3.05) is 13.1 Å². The molecule has 64 valence electrons. The van der Waals surface area contributed by atoms with E-state index in [-0.39, 0.29) is 0 Å². The maximum Gasteiger partial charge on any atom is -0.000815 e. The summed E-state index contributed by atoms with van der Waals surface area (Å²) in [6.07, 6.45) is 6.01.